The quantitative estimate of drug-likeness (QED) is 0.211. The Morgan fingerprint density at radius 3 is 2.59 bits per heavy atom. The van der Waals surface area contributed by atoms with E-state index in [0.717, 1.165) is 42.2 Å². The molecule has 0 aliphatic heterocycles. The molecule has 0 amide bonds. The third-order valence-corrected chi connectivity index (χ3v) is 6.61. The fourth-order valence-electron chi connectivity index (χ4n) is 3.89. The van der Waals surface area contributed by atoms with E-state index in [2.05, 4.69) is 52.0 Å². The van der Waals surface area contributed by atoms with E-state index in [9.17, 15) is 15.0 Å². The third kappa shape index (κ3) is 6.24. The minimum absolute atomic E-state index is 0.0397. The van der Waals surface area contributed by atoms with Gasteiger partial charge < -0.3 is 25.3 Å². The van der Waals surface area contributed by atoms with Crippen molar-refractivity contribution in [3.63, 3.8) is 0 Å². The van der Waals surface area contributed by atoms with Gasteiger partial charge in [-0.1, -0.05) is 53.8 Å². The van der Waals surface area contributed by atoms with E-state index in [0.29, 0.717) is 23.2 Å². The first kappa shape index (κ1) is 24.0. The summed E-state index contributed by atoms with van der Waals surface area (Å²) in [6, 6.07) is 19.7. The number of methoxy groups -OCH3 is 1. The summed E-state index contributed by atoms with van der Waals surface area (Å²) in [4.78, 5) is 14.1. The minimum Gasteiger partial charge on any atom is -0.506 e. The van der Waals surface area contributed by atoms with Crippen LogP contribution in [0.3, 0.4) is 0 Å². The van der Waals surface area contributed by atoms with Gasteiger partial charge in [-0.3, -0.25) is 10.1 Å². The third-order valence-electron chi connectivity index (χ3n) is 5.65. The number of benzene rings is 3. The molecule has 0 spiro atoms. The second-order valence-corrected chi connectivity index (χ2v) is 9.14. The molecule has 1 unspecified atom stereocenters. The standard InChI is InChI=1S/C26H29N3O4S/c1-33-21-8-5-18(6-9-21)15-27-16-19-4-2-3-17(13-19)11-12-28-23(31)14-20-7-10-22(30)24-25(20)34-26(32)29-24/h2-10,13,23,27-28,30-31H,11-12,14-16H2,1H3,(H,29,32). The molecule has 3 aromatic carbocycles. The Labute approximate surface area is 202 Å². The van der Waals surface area contributed by atoms with Gasteiger partial charge in [-0.15, -0.1) is 0 Å². The molecule has 0 fully saturated rings. The Kier molecular flexibility index (Phi) is 7.97. The van der Waals surface area contributed by atoms with Gasteiger partial charge in [0.15, 0.2) is 0 Å². The van der Waals surface area contributed by atoms with Crippen molar-refractivity contribution in [1.29, 1.82) is 0 Å². The monoisotopic (exact) mass is 479 g/mol. The van der Waals surface area contributed by atoms with Gasteiger partial charge in [0.05, 0.1) is 11.8 Å². The summed E-state index contributed by atoms with van der Waals surface area (Å²) in [5.41, 5.74) is 4.85. The highest BCUT2D eigenvalue weighted by Gasteiger charge is 2.13. The van der Waals surface area contributed by atoms with Crippen LogP contribution in [0.25, 0.3) is 10.2 Å². The number of fused-ring (bicyclic) bond motifs is 1. The average Bonchev–Trinajstić information content (AvgIpc) is 3.24. The fraction of sp³-hybridized carbons (Fsp3) is 0.269. The van der Waals surface area contributed by atoms with Crippen molar-refractivity contribution in [3.8, 4) is 11.5 Å². The molecule has 1 heterocycles. The largest absolute Gasteiger partial charge is 0.506 e. The Bertz CT molecular complexity index is 1280. The molecule has 0 saturated heterocycles. The molecule has 5 N–H and O–H groups in total. The maximum absolute atomic E-state index is 11.7. The van der Waals surface area contributed by atoms with Crippen molar-refractivity contribution in [2.45, 2.75) is 32.2 Å². The average molecular weight is 480 g/mol. The van der Waals surface area contributed by atoms with Crippen LogP contribution in [0.1, 0.15) is 22.3 Å². The van der Waals surface area contributed by atoms with Crippen molar-refractivity contribution in [3.05, 3.63) is 92.6 Å². The molecule has 0 saturated carbocycles. The van der Waals surface area contributed by atoms with Crippen LogP contribution >= 0.6 is 11.3 Å². The van der Waals surface area contributed by atoms with E-state index in [1.165, 1.54) is 16.7 Å². The molecule has 4 rings (SSSR count). The van der Waals surface area contributed by atoms with Crippen LogP contribution in [0, 0.1) is 0 Å². The molecule has 0 aliphatic carbocycles. The number of ether oxygens (including phenoxy) is 1. The lowest BCUT2D eigenvalue weighted by atomic mass is 10.1. The summed E-state index contributed by atoms with van der Waals surface area (Å²) < 4.78 is 5.87. The number of aromatic hydroxyl groups is 1. The van der Waals surface area contributed by atoms with E-state index in [-0.39, 0.29) is 10.6 Å². The molecule has 1 atom stereocenters. The first-order valence-electron chi connectivity index (χ1n) is 11.2. The summed E-state index contributed by atoms with van der Waals surface area (Å²) in [7, 11) is 1.66. The van der Waals surface area contributed by atoms with Gasteiger partial charge in [-0.2, -0.15) is 0 Å². The van der Waals surface area contributed by atoms with Crippen molar-refractivity contribution in [2.24, 2.45) is 0 Å². The number of hydrogen-bond donors (Lipinski definition) is 5. The zero-order chi connectivity index (χ0) is 23.9. The van der Waals surface area contributed by atoms with Crippen LogP contribution in [0.2, 0.25) is 0 Å². The summed E-state index contributed by atoms with van der Waals surface area (Å²) in [5.74, 6) is 0.895. The van der Waals surface area contributed by atoms with E-state index >= 15 is 0 Å². The highest BCUT2D eigenvalue weighted by Crippen LogP contribution is 2.28. The molecule has 0 aliphatic rings. The van der Waals surface area contributed by atoms with Crippen LogP contribution in [0.4, 0.5) is 0 Å². The number of phenolic OH excluding ortho intramolecular Hbond substituents is 1. The number of hydrogen-bond acceptors (Lipinski definition) is 7. The van der Waals surface area contributed by atoms with Gasteiger partial charge >= 0.3 is 4.87 Å². The number of thiazole rings is 1. The lowest BCUT2D eigenvalue weighted by Gasteiger charge is -2.14. The number of H-pyrrole nitrogens is 1. The smallest absolute Gasteiger partial charge is 0.305 e. The van der Waals surface area contributed by atoms with Gasteiger partial charge in [0.1, 0.15) is 23.2 Å². The number of aromatic nitrogens is 1. The summed E-state index contributed by atoms with van der Waals surface area (Å²) in [6.45, 7) is 2.17. The van der Waals surface area contributed by atoms with Gasteiger partial charge in [0.2, 0.25) is 0 Å². The zero-order valence-corrected chi connectivity index (χ0v) is 19.8. The van der Waals surface area contributed by atoms with Crippen molar-refractivity contribution >= 4 is 21.6 Å². The number of aliphatic hydroxyl groups excluding tert-OH is 1. The topological polar surface area (TPSA) is 107 Å². The molecule has 1 aromatic heterocycles. The van der Waals surface area contributed by atoms with Crippen molar-refractivity contribution < 1.29 is 14.9 Å². The van der Waals surface area contributed by atoms with E-state index < -0.39 is 6.23 Å². The SMILES string of the molecule is COc1ccc(CNCc2cccc(CCNC(O)Cc3ccc(O)c4[nH]c(=O)sc34)c2)cc1. The van der Waals surface area contributed by atoms with Crippen LogP contribution in [-0.2, 0) is 25.9 Å². The zero-order valence-electron chi connectivity index (χ0n) is 19.0. The predicted octanol–water partition coefficient (Wildman–Crippen LogP) is 3.29. The molecule has 34 heavy (non-hydrogen) atoms. The van der Waals surface area contributed by atoms with E-state index in [4.69, 9.17) is 4.74 Å². The summed E-state index contributed by atoms with van der Waals surface area (Å²) in [5, 5.41) is 27.0. The summed E-state index contributed by atoms with van der Waals surface area (Å²) >= 11 is 1.04. The number of nitrogens with one attached hydrogen (secondary N) is 3. The molecule has 0 bridgehead atoms. The van der Waals surface area contributed by atoms with Crippen LogP contribution in [0.15, 0.2) is 65.5 Å². The Morgan fingerprint density at radius 2 is 1.79 bits per heavy atom. The number of rotatable bonds is 11. The number of aromatic amines is 1. The summed E-state index contributed by atoms with van der Waals surface area (Å²) in [6.07, 6.45) is 0.380. The fourth-order valence-corrected chi connectivity index (χ4v) is 4.77. The van der Waals surface area contributed by atoms with Crippen molar-refractivity contribution in [2.75, 3.05) is 13.7 Å². The van der Waals surface area contributed by atoms with E-state index in [1.54, 1.807) is 19.2 Å². The maximum Gasteiger partial charge on any atom is 0.305 e. The molecule has 178 valence electrons. The second kappa shape index (κ2) is 11.3. The molecule has 8 heteroatoms. The Hall–Kier alpha value is -3.17. The first-order chi connectivity index (χ1) is 16.5. The lowest BCUT2D eigenvalue weighted by molar-refractivity contribution is 0.138. The minimum atomic E-state index is -0.751. The normalized spacial score (nSPS) is 12.2. The first-order valence-corrected chi connectivity index (χ1v) is 12.0. The Morgan fingerprint density at radius 1 is 1.03 bits per heavy atom. The highest BCUT2D eigenvalue weighted by molar-refractivity contribution is 7.16. The molecule has 7 nitrogen and oxygen atoms in total. The molecule has 4 aromatic rings. The molecule has 0 radical (unpaired) electrons. The van der Waals surface area contributed by atoms with Crippen molar-refractivity contribution in [1.82, 2.24) is 15.6 Å². The van der Waals surface area contributed by atoms with Gasteiger partial charge in [-0.25, -0.2) is 0 Å². The van der Waals surface area contributed by atoms with Gasteiger partial charge in [0.25, 0.3) is 0 Å². The van der Waals surface area contributed by atoms with Gasteiger partial charge in [0, 0.05) is 26.1 Å². The molecular weight excluding hydrogens is 450 g/mol. The lowest BCUT2D eigenvalue weighted by Crippen LogP contribution is -2.32. The maximum atomic E-state index is 11.7. The van der Waals surface area contributed by atoms with Crippen LogP contribution in [0.5, 0.6) is 11.5 Å². The highest BCUT2D eigenvalue weighted by atomic mass is 32.1. The van der Waals surface area contributed by atoms with Gasteiger partial charge in [-0.05, 0) is 46.9 Å². The Balaban J connectivity index is 1.24. The van der Waals surface area contributed by atoms with E-state index in [1.807, 2.05) is 12.1 Å². The van der Waals surface area contributed by atoms with Crippen LogP contribution in [-0.4, -0.2) is 35.1 Å². The predicted molar refractivity (Wildman–Crippen MR) is 136 cm³/mol. The second-order valence-electron chi connectivity index (χ2n) is 8.16. The van der Waals surface area contributed by atoms with Crippen LogP contribution < -0.4 is 20.2 Å². The number of phenols is 1. The molecular formula is C26H29N3O4S. The number of aliphatic hydroxyl groups is 1.